The van der Waals surface area contributed by atoms with E-state index in [9.17, 15) is 29.8 Å². The van der Waals surface area contributed by atoms with Gasteiger partial charge in [-0.2, -0.15) is 0 Å². The summed E-state index contributed by atoms with van der Waals surface area (Å²) in [6.45, 7) is 7.65. The van der Waals surface area contributed by atoms with Gasteiger partial charge in [0.2, 0.25) is 0 Å². The fourth-order valence-electron chi connectivity index (χ4n) is 2.77. The maximum absolute atomic E-state index is 12.1. The summed E-state index contributed by atoms with van der Waals surface area (Å²) in [6.07, 6.45) is -0.110. The lowest BCUT2D eigenvalue weighted by atomic mass is 9.79. The predicted molar refractivity (Wildman–Crippen MR) is 82.9 cm³/mol. The van der Waals surface area contributed by atoms with Crippen LogP contribution in [0.5, 0.6) is 0 Å². The summed E-state index contributed by atoms with van der Waals surface area (Å²) in [5.74, 6) is -0.665. The summed E-state index contributed by atoms with van der Waals surface area (Å²) in [4.78, 5) is 44.3. The Morgan fingerprint density at radius 1 is 1.04 bits per heavy atom. The minimum Gasteiger partial charge on any atom is -0.303 e. The number of benzene rings is 1. The first-order valence-corrected chi connectivity index (χ1v) is 6.88. The molecular weight excluding hydrogens is 304 g/mol. The van der Waals surface area contributed by atoms with E-state index in [0.717, 1.165) is 0 Å². The molecule has 0 aromatic heterocycles. The largest absolute Gasteiger partial charge is 0.303 e. The molecular formula is C15H18N2O6. The normalized spacial score (nSPS) is 11.2. The lowest BCUT2D eigenvalue weighted by molar-refractivity contribution is -0.397. The monoisotopic (exact) mass is 322 g/mol. The second kappa shape index (κ2) is 6.23. The zero-order valence-electron chi connectivity index (χ0n) is 13.6. The predicted octanol–water partition coefficient (Wildman–Crippen LogP) is 3.19. The van der Waals surface area contributed by atoms with Crippen molar-refractivity contribution in [3.8, 4) is 0 Å². The summed E-state index contributed by atoms with van der Waals surface area (Å²) < 4.78 is 0. The second-order valence-electron chi connectivity index (χ2n) is 6.26. The van der Waals surface area contributed by atoms with E-state index in [1.807, 2.05) is 0 Å². The van der Waals surface area contributed by atoms with Gasteiger partial charge in [0.05, 0.1) is 16.3 Å². The van der Waals surface area contributed by atoms with Crippen LogP contribution in [0.2, 0.25) is 0 Å². The van der Waals surface area contributed by atoms with Crippen LogP contribution in [0.4, 0.5) is 11.4 Å². The zero-order chi connectivity index (χ0) is 18.1. The molecule has 0 fully saturated rings. The Balaban J connectivity index is 4.09. The van der Waals surface area contributed by atoms with Gasteiger partial charge in [0, 0.05) is 22.1 Å². The Morgan fingerprint density at radius 2 is 1.43 bits per heavy atom. The van der Waals surface area contributed by atoms with Gasteiger partial charge in [-0.25, -0.2) is 0 Å². The average Bonchev–Trinajstić information content (AvgIpc) is 2.35. The van der Waals surface area contributed by atoms with Gasteiger partial charge in [-0.1, -0.05) is 20.8 Å². The molecule has 1 aromatic rings. The van der Waals surface area contributed by atoms with Gasteiger partial charge in [0.25, 0.3) is 11.4 Å². The van der Waals surface area contributed by atoms with E-state index in [0.29, 0.717) is 6.29 Å². The summed E-state index contributed by atoms with van der Waals surface area (Å²) in [5, 5.41) is 23.0. The number of nitro groups is 2. The van der Waals surface area contributed by atoms with Crippen LogP contribution in [0.25, 0.3) is 0 Å². The first kappa shape index (κ1) is 18.4. The zero-order valence-corrected chi connectivity index (χ0v) is 13.6. The Hall–Kier alpha value is -2.64. The van der Waals surface area contributed by atoms with Gasteiger partial charge < -0.3 is 4.79 Å². The van der Waals surface area contributed by atoms with E-state index in [4.69, 9.17) is 0 Å². The van der Waals surface area contributed by atoms with Gasteiger partial charge in [-0.05, 0) is 13.8 Å². The lowest BCUT2D eigenvalue weighted by Crippen LogP contribution is -2.21. The van der Waals surface area contributed by atoms with Gasteiger partial charge in [0.15, 0.2) is 5.78 Å². The number of hydrogen-bond donors (Lipinski definition) is 0. The highest BCUT2D eigenvalue weighted by Gasteiger charge is 2.40. The van der Waals surface area contributed by atoms with Crippen molar-refractivity contribution in [2.75, 3.05) is 0 Å². The van der Waals surface area contributed by atoms with Crippen molar-refractivity contribution in [1.29, 1.82) is 0 Å². The summed E-state index contributed by atoms with van der Waals surface area (Å²) in [6, 6.07) is 0. The molecule has 0 N–H and O–H groups in total. The molecule has 8 nitrogen and oxygen atoms in total. The van der Waals surface area contributed by atoms with Crippen molar-refractivity contribution in [2.45, 2.75) is 46.5 Å². The van der Waals surface area contributed by atoms with E-state index in [1.165, 1.54) is 13.8 Å². The first-order chi connectivity index (χ1) is 10.4. The molecule has 8 heteroatoms. The Bertz CT molecular complexity index is 675. The molecule has 0 unspecified atom stereocenters. The molecule has 0 bridgehead atoms. The number of hydrogen-bond acceptors (Lipinski definition) is 6. The minimum atomic E-state index is -0.868. The van der Waals surface area contributed by atoms with E-state index in [2.05, 4.69) is 0 Å². The smallest absolute Gasteiger partial charge is 0.283 e. The Morgan fingerprint density at radius 3 is 1.70 bits per heavy atom. The number of aldehydes is 1. The van der Waals surface area contributed by atoms with Gasteiger partial charge in [-0.15, -0.1) is 0 Å². The average molecular weight is 322 g/mol. The van der Waals surface area contributed by atoms with E-state index in [-0.39, 0.29) is 22.3 Å². The fourth-order valence-corrected chi connectivity index (χ4v) is 2.77. The van der Waals surface area contributed by atoms with Crippen molar-refractivity contribution in [3.63, 3.8) is 0 Å². The molecule has 0 radical (unpaired) electrons. The van der Waals surface area contributed by atoms with Gasteiger partial charge in [-0.3, -0.25) is 25.0 Å². The van der Waals surface area contributed by atoms with Crippen LogP contribution in [0.15, 0.2) is 0 Å². The van der Waals surface area contributed by atoms with Crippen molar-refractivity contribution in [2.24, 2.45) is 0 Å². The van der Waals surface area contributed by atoms with Crippen LogP contribution in [0.1, 0.15) is 54.2 Å². The number of nitrogens with zero attached hydrogens (tertiary/aromatic N) is 2. The SMILES string of the molecule is Cc1c(C(=O)CC=O)c(C)c([N+](=O)[O-])c(C(C)(C)C)c1[N+](=O)[O-]. The third-order valence-corrected chi connectivity index (χ3v) is 3.60. The summed E-state index contributed by atoms with van der Waals surface area (Å²) in [7, 11) is 0. The highest BCUT2D eigenvalue weighted by molar-refractivity contribution is 6.06. The van der Waals surface area contributed by atoms with Crippen LogP contribution in [0, 0.1) is 34.1 Å². The van der Waals surface area contributed by atoms with Crippen LogP contribution >= 0.6 is 0 Å². The third-order valence-electron chi connectivity index (χ3n) is 3.60. The topological polar surface area (TPSA) is 120 Å². The number of carbonyl (C=O) groups excluding carboxylic acids is 2. The van der Waals surface area contributed by atoms with E-state index < -0.39 is 38.8 Å². The highest BCUT2D eigenvalue weighted by atomic mass is 16.6. The third kappa shape index (κ3) is 3.25. The molecule has 23 heavy (non-hydrogen) atoms. The fraction of sp³-hybridized carbons (Fsp3) is 0.467. The van der Waals surface area contributed by atoms with Crippen LogP contribution in [-0.4, -0.2) is 21.9 Å². The first-order valence-electron chi connectivity index (χ1n) is 6.88. The Labute approximate surface area is 132 Å². The molecule has 0 heterocycles. The Kier molecular flexibility index (Phi) is 4.99. The number of Topliss-reactive ketones (excluding diaryl/α,β-unsaturated/α-hetero) is 1. The summed E-state index contributed by atoms with van der Waals surface area (Å²) in [5.41, 5.74) is -1.79. The molecule has 0 spiro atoms. The highest BCUT2D eigenvalue weighted by Crippen LogP contribution is 2.44. The van der Waals surface area contributed by atoms with Crippen molar-refractivity contribution in [3.05, 3.63) is 42.5 Å². The number of ketones is 1. The molecule has 0 saturated carbocycles. The second-order valence-corrected chi connectivity index (χ2v) is 6.26. The standard InChI is InChI=1S/C15H18N2O6/c1-8-11(10(19)6-7-18)9(2)14(17(22)23)12(15(3,4)5)13(8)16(20)21/h7H,6H2,1-5H3. The van der Waals surface area contributed by atoms with Crippen LogP contribution in [0.3, 0.4) is 0 Å². The molecule has 0 aliphatic carbocycles. The minimum absolute atomic E-state index is 0.0230. The molecule has 1 rings (SSSR count). The molecule has 0 amide bonds. The van der Waals surface area contributed by atoms with Crippen LogP contribution in [-0.2, 0) is 10.2 Å². The molecule has 0 aliphatic rings. The van der Waals surface area contributed by atoms with Crippen molar-refractivity contribution < 1.29 is 19.4 Å². The maximum atomic E-state index is 12.1. The number of carbonyl (C=O) groups is 2. The molecule has 124 valence electrons. The molecule has 1 aromatic carbocycles. The quantitative estimate of drug-likeness (QED) is 0.270. The van der Waals surface area contributed by atoms with Gasteiger partial charge in [0.1, 0.15) is 11.8 Å². The van der Waals surface area contributed by atoms with E-state index >= 15 is 0 Å². The lowest BCUT2D eigenvalue weighted by Gasteiger charge is -2.22. The van der Waals surface area contributed by atoms with Crippen LogP contribution < -0.4 is 0 Å². The number of nitro benzene ring substituents is 2. The molecule has 0 saturated heterocycles. The maximum Gasteiger partial charge on any atom is 0.283 e. The number of rotatable bonds is 5. The van der Waals surface area contributed by atoms with Gasteiger partial charge >= 0.3 is 0 Å². The van der Waals surface area contributed by atoms with Crippen molar-refractivity contribution in [1.82, 2.24) is 0 Å². The van der Waals surface area contributed by atoms with Crippen molar-refractivity contribution >= 4 is 23.4 Å². The molecule has 0 aliphatic heterocycles. The summed E-state index contributed by atoms with van der Waals surface area (Å²) >= 11 is 0. The molecule has 0 atom stereocenters. The van der Waals surface area contributed by atoms with E-state index in [1.54, 1.807) is 20.8 Å².